The molecule has 76 valence electrons. The molecule has 0 bridgehead atoms. The molecule has 0 rings (SSSR count). The summed E-state index contributed by atoms with van der Waals surface area (Å²) < 4.78 is -2.03. The zero-order chi connectivity index (χ0) is 10.7. The van der Waals surface area contributed by atoms with Crippen LogP contribution in [-0.4, -0.2) is 21.5 Å². The van der Waals surface area contributed by atoms with Gasteiger partial charge in [0.15, 0.2) is 0 Å². The highest BCUT2D eigenvalue weighted by atomic mass is 35.6. The molecule has 0 aliphatic heterocycles. The number of hydrogen-bond acceptors (Lipinski definition) is 2. The second kappa shape index (κ2) is 4.49. The molecule has 0 saturated heterocycles. The standard InChI is InChI=1S/C7H10Cl3NO2/c1-3-6(2,4-12)11-5(13)7(8,9)10/h4H,3H2,1-2H3,(H,11,13)/t6-/m1/s1. The van der Waals surface area contributed by atoms with E-state index in [1.54, 1.807) is 13.8 Å². The quantitative estimate of drug-likeness (QED) is 0.610. The van der Waals surface area contributed by atoms with Crippen molar-refractivity contribution in [3.8, 4) is 0 Å². The van der Waals surface area contributed by atoms with Gasteiger partial charge >= 0.3 is 0 Å². The van der Waals surface area contributed by atoms with E-state index in [1.165, 1.54) is 0 Å². The number of carbonyl (C=O) groups excluding carboxylic acids is 2. The molecule has 0 aromatic rings. The molecule has 0 unspecified atom stereocenters. The fourth-order valence-corrected chi connectivity index (χ4v) is 0.673. The number of hydrogen-bond donors (Lipinski definition) is 1. The fourth-order valence-electron chi connectivity index (χ4n) is 0.531. The van der Waals surface area contributed by atoms with E-state index >= 15 is 0 Å². The lowest BCUT2D eigenvalue weighted by molar-refractivity contribution is -0.125. The van der Waals surface area contributed by atoms with Crippen LogP contribution in [0.5, 0.6) is 0 Å². The molecular formula is C7H10Cl3NO2. The molecule has 3 nitrogen and oxygen atoms in total. The van der Waals surface area contributed by atoms with E-state index in [-0.39, 0.29) is 0 Å². The molecular weight excluding hydrogens is 236 g/mol. The molecule has 0 aromatic carbocycles. The summed E-state index contributed by atoms with van der Waals surface area (Å²) in [6.07, 6.45) is 1.05. The molecule has 1 N–H and O–H groups in total. The van der Waals surface area contributed by atoms with Crippen LogP contribution >= 0.6 is 34.8 Å². The third-order valence-corrected chi connectivity index (χ3v) is 2.17. The van der Waals surface area contributed by atoms with E-state index in [4.69, 9.17) is 34.8 Å². The highest BCUT2D eigenvalue weighted by Gasteiger charge is 2.35. The zero-order valence-corrected chi connectivity index (χ0v) is 9.50. The number of halogens is 3. The lowest BCUT2D eigenvalue weighted by Gasteiger charge is -2.24. The Balaban J connectivity index is 4.44. The summed E-state index contributed by atoms with van der Waals surface area (Å²) in [6, 6.07) is 0. The monoisotopic (exact) mass is 245 g/mol. The van der Waals surface area contributed by atoms with Gasteiger partial charge in [0.1, 0.15) is 6.29 Å². The average molecular weight is 247 g/mol. The van der Waals surface area contributed by atoms with Crippen molar-refractivity contribution < 1.29 is 9.59 Å². The van der Waals surface area contributed by atoms with Gasteiger partial charge in [-0.1, -0.05) is 41.7 Å². The SMILES string of the molecule is CC[C@](C)(C=O)NC(=O)C(Cl)(Cl)Cl. The summed E-state index contributed by atoms with van der Waals surface area (Å²) in [6.45, 7) is 3.29. The van der Waals surface area contributed by atoms with Crippen LogP contribution in [0.25, 0.3) is 0 Å². The van der Waals surface area contributed by atoms with Gasteiger partial charge in [0, 0.05) is 0 Å². The van der Waals surface area contributed by atoms with Crippen molar-refractivity contribution in [2.75, 3.05) is 0 Å². The Bertz CT molecular complexity index is 214. The molecule has 0 heterocycles. The van der Waals surface area contributed by atoms with E-state index in [9.17, 15) is 9.59 Å². The van der Waals surface area contributed by atoms with Crippen molar-refractivity contribution in [1.29, 1.82) is 0 Å². The zero-order valence-electron chi connectivity index (χ0n) is 7.23. The summed E-state index contributed by atoms with van der Waals surface area (Å²) in [4.78, 5) is 21.7. The van der Waals surface area contributed by atoms with Crippen LogP contribution < -0.4 is 5.32 Å². The summed E-state index contributed by atoms with van der Waals surface area (Å²) in [7, 11) is 0. The highest BCUT2D eigenvalue weighted by Crippen LogP contribution is 2.26. The van der Waals surface area contributed by atoms with Gasteiger partial charge in [0.2, 0.25) is 0 Å². The Morgan fingerprint density at radius 1 is 1.46 bits per heavy atom. The fraction of sp³-hybridized carbons (Fsp3) is 0.714. The van der Waals surface area contributed by atoms with Crippen molar-refractivity contribution in [3.05, 3.63) is 0 Å². The van der Waals surface area contributed by atoms with E-state index in [2.05, 4.69) is 5.32 Å². The van der Waals surface area contributed by atoms with Crippen LogP contribution in [0.1, 0.15) is 20.3 Å². The Morgan fingerprint density at radius 2 is 1.92 bits per heavy atom. The van der Waals surface area contributed by atoms with E-state index < -0.39 is 15.2 Å². The average Bonchev–Trinajstić information content (AvgIpc) is 2.02. The first-order valence-corrected chi connectivity index (χ1v) is 4.74. The number of alkyl halides is 3. The molecule has 0 spiro atoms. The van der Waals surface area contributed by atoms with Crippen molar-refractivity contribution in [2.24, 2.45) is 0 Å². The lowest BCUT2D eigenvalue weighted by Crippen LogP contribution is -2.50. The number of rotatable bonds is 3. The minimum Gasteiger partial charge on any atom is -0.340 e. The molecule has 0 aliphatic rings. The molecule has 0 aliphatic carbocycles. The Kier molecular flexibility index (Phi) is 4.49. The number of nitrogens with one attached hydrogen (secondary N) is 1. The predicted molar refractivity (Wildman–Crippen MR) is 53.2 cm³/mol. The van der Waals surface area contributed by atoms with Gasteiger partial charge < -0.3 is 10.1 Å². The van der Waals surface area contributed by atoms with E-state index in [0.717, 1.165) is 0 Å². The maximum atomic E-state index is 11.1. The molecule has 0 radical (unpaired) electrons. The Labute approximate surface area is 91.7 Å². The van der Waals surface area contributed by atoms with Crippen LogP contribution in [0.2, 0.25) is 0 Å². The van der Waals surface area contributed by atoms with Gasteiger partial charge in [-0.05, 0) is 13.3 Å². The third-order valence-electron chi connectivity index (χ3n) is 1.65. The van der Waals surface area contributed by atoms with Crippen LogP contribution in [0.3, 0.4) is 0 Å². The summed E-state index contributed by atoms with van der Waals surface area (Å²) >= 11 is 15.9. The van der Waals surface area contributed by atoms with Crippen molar-refractivity contribution in [1.82, 2.24) is 5.32 Å². The maximum absolute atomic E-state index is 11.1. The number of aldehydes is 1. The van der Waals surface area contributed by atoms with Crippen molar-refractivity contribution in [3.63, 3.8) is 0 Å². The minimum atomic E-state index is -2.03. The molecule has 13 heavy (non-hydrogen) atoms. The molecule has 0 saturated carbocycles. The van der Waals surface area contributed by atoms with Gasteiger partial charge in [-0.2, -0.15) is 0 Å². The Morgan fingerprint density at radius 3 is 2.15 bits per heavy atom. The van der Waals surface area contributed by atoms with Gasteiger partial charge in [-0.15, -0.1) is 0 Å². The van der Waals surface area contributed by atoms with E-state index in [1.807, 2.05) is 0 Å². The first-order valence-electron chi connectivity index (χ1n) is 3.61. The first kappa shape index (κ1) is 13.0. The maximum Gasteiger partial charge on any atom is 0.272 e. The molecule has 6 heteroatoms. The topological polar surface area (TPSA) is 46.2 Å². The second-order valence-electron chi connectivity index (χ2n) is 2.84. The van der Waals surface area contributed by atoms with Crippen LogP contribution in [-0.2, 0) is 9.59 Å². The molecule has 0 aromatic heterocycles. The largest absolute Gasteiger partial charge is 0.340 e. The summed E-state index contributed by atoms with van der Waals surface area (Å²) in [5, 5.41) is 2.33. The van der Waals surface area contributed by atoms with Crippen LogP contribution in [0.4, 0.5) is 0 Å². The molecule has 0 fully saturated rings. The number of amides is 1. The van der Waals surface area contributed by atoms with Crippen molar-refractivity contribution >= 4 is 47.0 Å². The predicted octanol–water partition coefficient (Wildman–Crippen LogP) is 1.84. The number of carbonyl (C=O) groups is 2. The van der Waals surface area contributed by atoms with Crippen molar-refractivity contribution in [2.45, 2.75) is 29.6 Å². The smallest absolute Gasteiger partial charge is 0.272 e. The third kappa shape index (κ3) is 4.16. The lowest BCUT2D eigenvalue weighted by atomic mass is 10.0. The summed E-state index contributed by atoms with van der Waals surface area (Å²) in [5.41, 5.74) is -0.971. The first-order chi connectivity index (χ1) is 5.75. The van der Waals surface area contributed by atoms with Gasteiger partial charge in [0.25, 0.3) is 9.70 Å². The second-order valence-corrected chi connectivity index (χ2v) is 5.12. The highest BCUT2D eigenvalue weighted by molar-refractivity contribution is 6.76. The Hall–Kier alpha value is 0.01000. The molecule has 1 atom stereocenters. The van der Waals surface area contributed by atoms with Gasteiger partial charge in [-0.25, -0.2) is 0 Å². The van der Waals surface area contributed by atoms with E-state index in [0.29, 0.717) is 12.7 Å². The van der Waals surface area contributed by atoms with Crippen LogP contribution in [0, 0.1) is 0 Å². The normalized spacial score (nSPS) is 16.1. The molecule has 1 amide bonds. The van der Waals surface area contributed by atoms with Gasteiger partial charge in [0.05, 0.1) is 5.54 Å². The van der Waals surface area contributed by atoms with Gasteiger partial charge in [-0.3, -0.25) is 4.79 Å². The minimum absolute atomic E-state index is 0.434. The van der Waals surface area contributed by atoms with Crippen LogP contribution in [0.15, 0.2) is 0 Å². The summed E-state index contributed by atoms with van der Waals surface area (Å²) in [5.74, 6) is -0.797.